The van der Waals surface area contributed by atoms with Gasteiger partial charge in [-0.2, -0.15) is 0 Å². The SMILES string of the molecule is COC(=O)CCCCCCC(COC1CCCCO1)NCCCCCc1sccc1O. The van der Waals surface area contributed by atoms with Gasteiger partial charge in [-0.05, 0) is 69.4 Å². The minimum absolute atomic E-state index is 0.0448. The average Bonchev–Trinajstić information content (AvgIpc) is 3.21. The van der Waals surface area contributed by atoms with Crippen molar-refractivity contribution in [2.24, 2.45) is 0 Å². The predicted octanol–water partition coefficient (Wildman–Crippen LogP) is 5.18. The fourth-order valence-electron chi connectivity index (χ4n) is 3.84. The van der Waals surface area contributed by atoms with Crippen LogP contribution in [0.3, 0.4) is 0 Å². The van der Waals surface area contributed by atoms with Gasteiger partial charge < -0.3 is 24.6 Å². The lowest BCUT2D eigenvalue weighted by Crippen LogP contribution is -2.36. The molecule has 0 radical (unpaired) electrons. The normalized spacial score (nSPS) is 17.5. The predicted molar refractivity (Wildman–Crippen MR) is 125 cm³/mol. The molecule has 6 nitrogen and oxygen atoms in total. The highest BCUT2D eigenvalue weighted by Crippen LogP contribution is 2.25. The molecule has 0 bridgehead atoms. The molecule has 1 aromatic heterocycles. The van der Waals surface area contributed by atoms with Crippen molar-refractivity contribution in [3.63, 3.8) is 0 Å². The highest BCUT2D eigenvalue weighted by molar-refractivity contribution is 7.10. The molecule has 0 aliphatic carbocycles. The molecular weight excluding hydrogens is 414 g/mol. The van der Waals surface area contributed by atoms with Crippen LogP contribution in [-0.2, 0) is 25.4 Å². The van der Waals surface area contributed by atoms with Crippen molar-refractivity contribution in [1.29, 1.82) is 0 Å². The summed E-state index contributed by atoms with van der Waals surface area (Å²) in [6.45, 7) is 2.48. The summed E-state index contributed by atoms with van der Waals surface area (Å²) in [4.78, 5) is 12.3. The lowest BCUT2D eigenvalue weighted by molar-refractivity contribution is -0.166. The second-order valence-corrected chi connectivity index (χ2v) is 9.35. The van der Waals surface area contributed by atoms with Gasteiger partial charge in [0.25, 0.3) is 0 Å². The van der Waals surface area contributed by atoms with Gasteiger partial charge in [0, 0.05) is 23.9 Å². The summed E-state index contributed by atoms with van der Waals surface area (Å²) in [5, 5.41) is 15.3. The summed E-state index contributed by atoms with van der Waals surface area (Å²) < 4.78 is 16.4. The molecule has 1 saturated heterocycles. The van der Waals surface area contributed by atoms with Crippen molar-refractivity contribution >= 4 is 17.3 Å². The molecule has 0 amide bonds. The maximum Gasteiger partial charge on any atom is 0.305 e. The van der Waals surface area contributed by atoms with Gasteiger partial charge in [-0.25, -0.2) is 0 Å². The molecule has 31 heavy (non-hydrogen) atoms. The number of hydrogen-bond donors (Lipinski definition) is 2. The minimum atomic E-state index is -0.116. The number of ether oxygens (including phenoxy) is 3. The summed E-state index contributed by atoms with van der Waals surface area (Å²) in [5.41, 5.74) is 0. The Morgan fingerprint density at radius 2 is 2.06 bits per heavy atom. The van der Waals surface area contributed by atoms with E-state index in [-0.39, 0.29) is 12.3 Å². The Balaban J connectivity index is 1.59. The van der Waals surface area contributed by atoms with Crippen LogP contribution in [0, 0.1) is 0 Å². The van der Waals surface area contributed by atoms with Gasteiger partial charge >= 0.3 is 5.97 Å². The number of methoxy groups -OCH3 is 1. The van der Waals surface area contributed by atoms with Gasteiger partial charge in [0.05, 0.1) is 13.7 Å². The number of nitrogens with one attached hydrogen (secondary N) is 1. The van der Waals surface area contributed by atoms with Crippen LogP contribution in [0.25, 0.3) is 0 Å². The first-order valence-corrected chi connectivity index (χ1v) is 12.9. The van der Waals surface area contributed by atoms with Crippen molar-refractivity contribution < 1.29 is 24.1 Å². The minimum Gasteiger partial charge on any atom is -0.507 e. The first-order valence-electron chi connectivity index (χ1n) is 12.0. The number of unbranched alkanes of at least 4 members (excludes halogenated alkanes) is 5. The van der Waals surface area contributed by atoms with Crippen molar-refractivity contribution in [3.8, 4) is 5.75 Å². The number of carbonyl (C=O) groups is 1. The Morgan fingerprint density at radius 1 is 1.23 bits per heavy atom. The van der Waals surface area contributed by atoms with E-state index in [0.29, 0.717) is 24.8 Å². The van der Waals surface area contributed by atoms with Crippen LogP contribution in [-0.4, -0.2) is 50.3 Å². The third-order valence-electron chi connectivity index (χ3n) is 5.77. The summed E-state index contributed by atoms with van der Waals surface area (Å²) in [5.74, 6) is 0.326. The van der Waals surface area contributed by atoms with Crippen LogP contribution in [0.5, 0.6) is 5.75 Å². The van der Waals surface area contributed by atoms with Crippen LogP contribution < -0.4 is 5.32 Å². The fourth-order valence-corrected chi connectivity index (χ4v) is 4.65. The Bertz CT molecular complexity index is 588. The van der Waals surface area contributed by atoms with E-state index >= 15 is 0 Å². The van der Waals surface area contributed by atoms with E-state index in [4.69, 9.17) is 14.2 Å². The molecule has 0 saturated carbocycles. The van der Waals surface area contributed by atoms with E-state index in [9.17, 15) is 9.90 Å². The number of rotatable bonds is 17. The monoisotopic (exact) mass is 455 g/mol. The molecular formula is C24H41NO5S. The number of carbonyl (C=O) groups excluding carboxylic acids is 1. The van der Waals surface area contributed by atoms with Crippen LogP contribution in [0.4, 0.5) is 0 Å². The average molecular weight is 456 g/mol. The van der Waals surface area contributed by atoms with Crippen molar-refractivity contribution in [1.82, 2.24) is 5.32 Å². The second kappa shape index (κ2) is 16.5. The molecule has 2 heterocycles. The van der Waals surface area contributed by atoms with Crippen molar-refractivity contribution in [2.45, 2.75) is 95.8 Å². The third kappa shape index (κ3) is 11.9. The van der Waals surface area contributed by atoms with Crippen LogP contribution >= 0.6 is 11.3 Å². The Kier molecular flexibility index (Phi) is 13.9. The molecule has 178 valence electrons. The quantitative estimate of drug-likeness (QED) is 0.249. The Labute approximate surface area is 191 Å². The van der Waals surface area contributed by atoms with Crippen molar-refractivity contribution in [3.05, 3.63) is 16.3 Å². The molecule has 1 aliphatic heterocycles. The summed E-state index contributed by atoms with van der Waals surface area (Å²) in [6.07, 6.45) is 13.4. The van der Waals surface area contributed by atoms with Crippen LogP contribution in [0.1, 0.15) is 81.9 Å². The molecule has 1 aromatic rings. The Morgan fingerprint density at radius 3 is 2.81 bits per heavy atom. The molecule has 2 rings (SSSR count). The van der Waals surface area contributed by atoms with Gasteiger partial charge in [-0.15, -0.1) is 11.3 Å². The largest absolute Gasteiger partial charge is 0.507 e. The number of esters is 1. The molecule has 0 aromatic carbocycles. The zero-order chi connectivity index (χ0) is 22.2. The standard InChI is InChI=1S/C24H41NO5S/c1-28-23(27)13-7-3-2-5-11-20(19-30-24-14-8-10-17-29-24)25-16-9-4-6-12-22-21(26)15-18-31-22/h15,18,20,24-26H,2-14,16-17,19H2,1H3. The third-order valence-corrected chi connectivity index (χ3v) is 6.74. The summed E-state index contributed by atoms with van der Waals surface area (Å²) in [7, 11) is 1.45. The molecule has 7 heteroatoms. The van der Waals surface area contributed by atoms with Crippen LogP contribution in [0.15, 0.2) is 11.4 Å². The van der Waals surface area contributed by atoms with E-state index in [1.807, 2.05) is 5.38 Å². The van der Waals surface area contributed by atoms with Gasteiger partial charge in [-0.3, -0.25) is 4.79 Å². The highest BCUT2D eigenvalue weighted by atomic mass is 32.1. The van der Waals surface area contributed by atoms with Gasteiger partial charge in [-0.1, -0.05) is 25.7 Å². The zero-order valence-electron chi connectivity index (χ0n) is 19.1. The first kappa shape index (κ1) is 26.1. The molecule has 2 atom stereocenters. The number of thiophene rings is 1. The van der Waals surface area contributed by atoms with Crippen LogP contribution in [0.2, 0.25) is 0 Å². The van der Waals surface area contributed by atoms with Gasteiger partial charge in [0.1, 0.15) is 5.75 Å². The van der Waals surface area contributed by atoms with E-state index in [1.54, 1.807) is 17.4 Å². The van der Waals surface area contributed by atoms with E-state index in [0.717, 1.165) is 88.7 Å². The van der Waals surface area contributed by atoms with Gasteiger partial charge in [0.2, 0.25) is 0 Å². The number of aryl methyl sites for hydroxylation is 1. The summed E-state index contributed by atoms with van der Waals surface area (Å²) in [6, 6.07) is 2.12. The topological polar surface area (TPSA) is 77.0 Å². The number of aromatic hydroxyl groups is 1. The molecule has 1 fully saturated rings. The molecule has 2 N–H and O–H groups in total. The van der Waals surface area contributed by atoms with E-state index in [1.165, 1.54) is 13.5 Å². The molecule has 1 aliphatic rings. The lowest BCUT2D eigenvalue weighted by Gasteiger charge is -2.26. The van der Waals surface area contributed by atoms with E-state index in [2.05, 4.69) is 5.32 Å². The summed E-state index contributed by atoms with van der Waals surface area (Å²) >= 11 is 1.64. The Hall–Kier alpha value is -1.15. The van der Waals surface area contributed by atoms with Crippen molar-refractivity contribution in [2.75, 3.05) is 26.9 Å². The maximum absolute atomic E-state index is 11.2. The van der Waals surface area contributed by atoms with Gasteiger partial charge in [0.15, 0.2) is 6.29 Å². The zero-order valence-corrected chi connectivity index (χ0v) is 19.9. The highest BCUT2D eigenvalue weighted by Gasteiger charge is 2.17. The second-order valence-electron chi connectivity index (χ2n) is 8.35. The fraction of sp³-hybridized carbons (Fsp3) is 0.792. The lowest BCUT2D eigenvalue weighted by atomic mass is 10.1. The number of hydrogen-bond acceptors (Lipinski definition) is 7. The molecule has 0 spiro atoms. The first-order chi connectivity index (χ1) is 15.2. The maximum atomic E-state index is 11.2. The van der Waals surface area contributed by atoms with E-state index < -0.39 is 0 Å². The molecule has 2 unspecified atom stereocenters. The smallest absolute Gasteiger partial charge is 0.305 e.